The lowest BCUT2D eigenvalue weighted by Crippen LogP contribution is -2.45. The largest absolute Gasteiger partial charge is 0.476 e. The molecule has 1 saturated heterocycles. The van der Waals surface area contributed by atoms with Gasteiger partial charge >= 0.3 is 5.69 Å². The van der Waals surface area contributed by atoms with Crippen molar-refractivity contribution in [2.75, 3.05) is 20.8 Å². The lowest BCUT2D eigenvalue weighted by molar-refractivity contribution is -0.0538. The summed E-state index contributed by atoms with van der Waals surface area (Å²) >= 11 is 0. The fraction of sp³-hybridized carbons (Fsp3) is 0.667. The second-order valence-electron chi connectivity index (χ2n) is 4.81. The van der Waals surface area contributed by atoms with E-state index in [2.05, 4.69) is 0 Å². The quantitative estimate of drug-likeness (QED) is 0.683. The molecule has 4 atom stereocenters. The van der Waals surface area contributed by atoms with Gasteiger partial charge in [0.15, 0.2) is 6.23 Å². The van der Waals surface area contributed by atoms with Gasteiger partial charge in [-0.05, 0) is 0 Å². The van der Waals surface area contributed by atoms with Crippen molar-refractivity contribution in [3.05, 3.63) is 26.9 Å². The molecule has 2 aliphatic rings. The summed E-state index contributed by atoms with van der Waals surface area (Å²) in [5.41, 5.74) is -0.923. The number of hydrogen-bond acceptors (Lipinski definition) is 6. The van der Waals surface area contributed by atoms with Crippen LogP contribution in [0.15, 0.2) is 15.7 Å². The Balaban J connectivity index is 2.18. The fourth-order valence-corrected chi connectivity index (χ4v) is 2.72. The second kappa shape index (κ2) is 4.72. The summed E-state index contributed by atoms with van der Waals surface area (Å²) < 4.78 is 24.4. The van der Waals surface area contributed by atoms with Crippen molar-refractivity contribution in [1.82, 2.24) is 9.13 Å². The highest BCUT2D eigenvalue weighted by atomic mass is 16.6. The first-order chi connectivity index (χ1) is 9.58. The number of fused-ring (bicyclic) bond motifs is 4. The molecule has 0 aromatic carbocycles. The number of hydrogen-bond donors (Lipinski definition) is 0. The van der Waals surface area contributed by atoms with Crippen LogP contribution in [0.5, 0.6) is 5.88 Å². The maximum atomic E-state index is 12.3. The van der Waals surface area contributed by atoms with Gasteiger partial charge in [-0.25, -0.2) is 9.36 Å². The van der Waals surface area contributed by atoms with Gasteiger partial charge in [0.05, 0.1) is 6.07 Å². The molecule has 0 amide bonds. The van der Waals surface area contributed by atoms with E-state index in [0.29, 0.717) is 0 Å². The highest BCUT2D eigenvalue weighted by Gasteiger charge is 2.49. The normalized spacial score (nSPS) is 31.6. The van der Waals surface area contributed by atoms with Crippen LogP contribution in [-0.4, -0.2) is 48.3 Å². The monoisotopic (exact) mass is 284 g/mol. The van der Waals surface area contributed by atoms with Gasteiger partial charge in [-0.2, -0.15) is 0 Å². The van der Waals surface area contributed by atoms with Gasteiger partial charge in [0.1, 0.15) is 24.9 Å². The Hall–Kier alpha value is -1.64. The smallest absolute Gasteiger partial charge is 0.335 e. The third-order valence-electron chi connectivity index (χ3n) is 3.79. The van der Waals surface area contributed by atoms with Crippen LogP contribution in [0.1, 0.15) is 6.23 Å². The summed E-state index contributed by atoms with van der Waals surface area (Å²) in [6.45, 7) is 0.196. The van der Waals surface area contributed by atoms with E-state index in [1.54, 1.807) is 7.11 Å². The Morgan fingerprint density at radius 1 is 1.25 bits per heavy atom. The number of ether oxygens (including phenoxy) is 4. The lowest BCUT2D eigenvalue weighted by Gasteiger charge is -2.26. The topological polar surface area (TPSA) is 80.9 Å². The highest BCUT2D eigenvalue weighted by Crippen LogP contribution is 2.36. The summed E-state index contributed by atoms with van der Waals surface area (Å²) in [5.74, 6) is 0.196. The fourth-order valence-electron chi connectivity index (χ4n) is 2.72. The first-order valence-electron chi connectivity index (χ1n) is 6.25. The average Bonchev–Trinajstić information content (AvgIpc) is 2.67. The molecule has 0 saturated carbocycles. The van der Waals surface area contributed by atoms with Crippen LogP contribution in [0.2, 0.25) is 0 Å². The summed E-state index contributed by atoms with van der Waals surface area (Å²) in [6.07, 6.45) is -1.80. The summed E-state index contributed by atoms with van der Waals surface area (Å²) in [4.78, 5) is 24.0. The van der Waals surface area contributed by atoms with Gasteiger partial charge in [0.25, 0.3) is 5.56 Å². The van der Waals surface area contributed by atoms with E-state index in [4.69, 9.17) is 18.9 Å². The Bertz CT molecular complexity index is 636. The van der Waals surface area contributed by atoms with Gasteiger partial charge in [-0.1, -0.05) is 0 Å². The predicted molar refractivity (Wildman–Crippen MR) is 66.9 cm³/mol. The third kappa shape index (κ3) is 1.72. The van der Waals surface area contributed by atoms with Gasteiger partial charge in [-0.3, -0.25) is 9.36 Å². The van der Waals surface area contributed by atoms with Gasteiger partial charge < -0.3 is 18.9 Å². The van der Waals surface area contributed by atoms with Crippen molar-refractivity contribution < 1.29 is 18.9 Å². The number of aromatic nitrogens is 2. The van der Waals surface area contributed by atoms with E-state index in [9.17, 15) is 9.59 Å². The number of rotatable bonds is 2. The zero-order valence-corrected chi connectivity index (χ0v) is 11.4. The van der Waals surface area contributed by atoms with Gasteiger partial charge in [0, 0.05) is 21.3 Å². The van der Waals surface area contributed by atoms with E-state index >= 15 is 0 Å². The third-order valence-corrected chi connectivity index (χ3v) is 3.79. The average molecular weight is 284 g/mol. The van der Waals surface area contributed by atoms with Crippen molar-refractivity contribution in [1.29, 1.82) is 0 Å². The van der Waals surface area contributed by atoms with E-state index in [1.165, 1.54) is 24.8 Å². The van der Waals surface area contributed by atoms with Crippen LogP contribution >= 0.6 is 0 Å². The van der Waals surface area contributed by atoms with Crippen molar-refractivity contribution in [3.63, 3.8) is 0 Å². The number of nitrogens with zero attached hydrogens (tertiary/aromatic N) is 2. The molecule has 3 heterocycles. The molecule has 0 unspecified atom stereocenters. The summed E-state index contributed by atoms with van der Waals surface area (Å²) in [5, 5.41) is 0. The zero-order chi connectivity index (χ0) is 14.4. The molecule has 20 heavy (non-hydrogen) atoms. The van der Waals surface area contributed by atoms with Crippen LogP contribution in [0.3, 0.4) is 0 Å². The van der Waals surface area contributed by atoms with Gasteiger partial charge in [-0.15, -0.1) is 0 Å². The molecule has 1 aromatic heterocycles. The van der Waals surface area contributed by atoms with Crippen molar-refractivity contribution in [3.8, 4) is 5.88 Å². The summed E-state index contributed by atoms with van der Waals surface area (Å²) in [6, 6.07) is 1.28. The molecule has 3 rings (SSSR count). The van der Waals surface area contributed by atoms with Crippen LogP contribution in [0.25, 0.3) is 0 Å². The molecular weight excluding hydrogens is 268 g/mol. The molecule has 0 N–H and O–H groups in total. The standard InChI is InChI=1S/C12H16N2O6/c1-13-7(15)4-8-14(12(13)16)11-10(18-3)9(17-2)6(20-11)5-19-8/h4,6,9-11H,5H2,1-3H3/t6-,9+,10+,11-/m1/s1. The minimum absolute atomic E-state index is 0.196. The van der Waals surface area contributed by atoms with Crippen molar-refractivity contribution in [2.24, 2.45) is 7.05 Å². The molecule has 8 nitrogen and oxygen atoms in total. The van der Waals surface area contributed by atoms with Crippen molar-refractivity contribution >= 4 is 0 Å². The van der Waals surface area contributed by atoms with Crippen molar-refractivity contribution in [2.45, 2.75) is 24.5 Å². The minimum Gasteiger partial charge on any atom is -0.476 e. The Labute approximate surface area is 114 Å². The van der Waals surface area contributed by atoms with Crippen LogP contribution in [0.4, 0.5) is 0 Å². The van der Waals surface area contributed by atoms with E-state index in [1.807, 2.05) is 0 Å². The minimum atomic E-state index is -0.674. The van der Waals surface area contributed by atoms with Crippen LogP contribution in [0, 0.1) is 0 Å². The maximum absolute atomic E-state index is 12.3. The molecule has 110 valence electrons. The molecule has 0 spiro atoms. The predicted octanol–water partition coefficient (Wildman–Crippen LogP) is -1.13. The molecule has 0 aliphatic carbocycles. The molecule has 2 aliphatic heterocycles. The first kappa shape index (κ1) is 13.3. The maximum Gasteiger partial charge on any atom is 0.335 e. The first-order valence-corrected chi connectivity index (χ1v) is 6.25. The Morgan fingerprint density at radius 2 is 1.95 bits per heavy atom. The molecular formula is C12H16N2O6. The second-order valence-corrected chi connectivity index (χ2v) is 4.81. The Morgan fingerprint density at radius 3 is 2.60 bits per heavy atom. The molecule has 2 bridgehead atoms. The molecule has 8 heteroatoms. The molecule has 0 radical (unpaired) electrons. The number of methoxy groups -OCH3 is 2. The van der Waals surface area contributed by atoms with Crippen LogP contribution < -0.4 is 16.0 Å². The van der Waals surface area contributed by atoms with E-state index in [0.717, 1.165) is 4.57 Å². The van der Waals surface area contributed by atoms with E-state index < -0.39 is 23.6 Å². The van der Waals surface area contributed by atoms with Gasteiger partial charge in [0.2, 0.25) is 5.88 Å². The summed E-state index contributed by atoms with van der Waals surface area (Å²) in [7, 11) is 4.50. The van der Waals surface area contributed by atoms with Crippen LogP contribution in [-0.2, 0) is 21.3 Å². The molecule has 1 aromatic rings. The lowest BCUT2D eigenvalue weighted by atomic mass is 10.1. The van der Waals surface area contributed by atoms with E-state index in [-0.39, 0.29) is 24.7 Å². The Kier molecular flexibility index (Phi) is 3.15. The SMILES string of the molecule is CO[C@@H]1[C@H](OC)[C@H]2O[C@@H]1COc1cc(=O)n(C)c(=O)n12. The zero-order valence-electron chi connectivity index (χ0n) is 11.4. The molecule has 1 fully saturated rings. The highest BCUT2D eigenvalue weighted by molar-refractivity contribution is 5.14.